The van der Waals surface area contributed by atoms with E-state index in [1.807, 2.05) is 6.92 Å². The minimum atomic E-state index is -0.600. The topological polar surface area (TPSA) is 112 Å². The van der Waals surface area contributed by atoms with Crippen molar-refractivity contribution in [2.45, 2.75) is 6.92 Å². The van der Waals surface area contributed by atoms with Gasteiger partial charge in [0.1, 0.15) is 12.0 Å². The molecule has 0 fully saturated rings. The number of carbonyl (C=O) groups is 2. The standard InChI is InChI=1S/C18H21N7O2/c1-13-9-10-19-18(22-13)20-11-15(17(27)24-21-12-25(2)3)23-16(26)14-7-5-4-6-8-14/h4-12H,1-3H3,(H,23,26)(H,24,27)(H,19,20,22). The molecule has 140 valence electrons. The number of benzene rings is 1. The van der Waals surface area contributed by atoms with Gasteiger partial charge in [0.2, 0.25) is 5.95 Å². The number of amides is 2. The van der Waals surface area contributed by atoms with Gasteiger partial charge in [0.25, 0.3) is 11.8 Å². The van der Waals surface area contributed by atoms with E-state index < -0.39 is 11.8 Å². The lowest BCUT2D eigenvalue weighted by atomic mass is 10.2. The molecule has 9 nitrogen and oxygen atoms in total. The van der Waals surface area contributed by atoms with Crippen LogP contribution in [0.15, 0.2) is 59.6 Å². The SMILES string of the molecule is Cc1ccnc(NC=C(NC(=O)c2ccccc2)C(=O)NN=CN(C)C)n1. The number of aromatic nitrogens is 2. The number of hydrogen-bond donors (Lipinski definition) is 3. The molecule has 0 unspecified atom stereocenters. The molecule has 0 radical (unpaired) electrons. The molecule has 3 N–H and O–H groups in total. The molecule has 0 aliphatic rings. The summed E-state index contributed by atoms with van der Waals surface area (Å²) in [6.07, 6.45) is 4.32. The molecule has 27 heavy (non-hydrogen) atoms. The maximum Gasteiger partial charge on any atom is 0.289 e. The highest BCUT2D eigenvalue weighted by atomic mass is 16.2. The van der Waals surface area contributed by atoms with Crippen LogP contribution in [0.2, 0.25) is 0 Å². The molecule has 0 aliphatic heterocycles. The number of anilines is 1. The predicted molar refractivity (Wildman–Crippen MR) is 103 cm³/mol. The molecule has 0 atom stereocenters. The van der Waals surface area contributed by atoms with Gasteiger partial charge in [-0.25, -0.2) is 15.4 Å². The van der Waals surface area contributed by atoms with Crippen LogP contribution >= 0.6 is 0 Å². The second kappa shape index (κ2) is 9.66. The first-order valence-corrected chi connectivity index (χ1v) is 8.08. The molecule has 1 heterocycles. The number of hydrazone groups is 1. The Balaban J connectivity index is 2.17. The van der Waals surface area contributed by atoms with Crippen LogP contribution in [0.1, 0.15) is 16.1 Å². The third-order valence-electron chi connectivity index (χ3n) is 3.12. The van der Waals surface area contributed by atoms with Gasteiger partial charge in [0.15, 0.2) is 0 Å². The van der Waals surface area contributed by atoms with E-state index in [0.717, 1.165) is 5.69 Å². The van der Waals surface area contributed by atoms with Crippen LogP contribution in [0, 0.1) is 6.92 Å². The number of aryl methyl sites for hydroxylation is 1. The molecular weight excluding hydrogens is 346 g/mol. The van der Waals surface area contributed by atoms with Crippen LogP contribution in [0.25, 0.3) is 0 Å². The summed E-state index contributed by atoms with van der Waals surface area (Å²) in [5.74, 6) is -0.732. The Kier molecular flexibility index (Phi) is 7.00. The van der Waals surface area contributed by atoms with E-state index in [0.29, 0.717) is 11.5 Å². The summed E-state index contributed by atoms with van der Waals surface area (Å²) in [5, 5.41) is 9.15. The molecule has 0 spiro atoms. The van der Waals surface area contributed by atoms with Crippen LogP contribution in [0.3, 0.4) is 0 Å². The Morgan fingerprint density at radius 2 is 1.89 bits per heavy atom. The summed E-state index contributed by atoms with van der Waals surface area (Å²) in [6, 6.07) is 10.3. The maximum atomic E-state index is 12.4. The van der Waals surface area contributed by atoms with Gasteiger partial charge in [-0.3, -0.25) is 9.59 Å². The summed E-state index contributed by atoms with van der Waals surface area (Å²) < 4.78 is 0. The van der Waals surface area contributed by atoms with E-state index in [2.05, 4.69) is 31.1 Å². The van der Waals surface area contributed by atoms with Crippen LogP contribution in [0.4, 0.5) is 5.95 Å². The molecular formula is C18H21N7O2. The van der Waals surface area contributed by atoms with Gasteiger partial charge in [0, 0.05) is 37.7 Å². The summed E-state index contributed by atoms with van der Waals surface area (Å²) in [5.41, 5.74) is 3.48. The number of hydrogen-bond acceptors (Lipinski definition) is 6. The highest BCUT2D eigenvalue weighted by Crippen LogP contribution is 2.03. The van der Waals surface area contributed by atoms with E-state index >= 15 is 0 Å². The minimum Gasteiger partial charge on any atom is -0.367 e. The normalized spacial score (nSPS) is 11.1. The average molecular weight is 367 g/mol. The van der Waals surface area contributed by atoms with Crippen LogP contribution < -0.4 is 16.1 Å². The van der Waals surface area contributed by atoms with Crippen molar-refractivity contribution < 1.29 is 9.59 Å². The van der Waals surface area contributed by atoms with Gasteiger partial charge >= 0.3 is 0 Å². The fraction of sp³-hybridized carbons (Fsp3) is 0.167. The molecule has 0 saturated heterocycles. The highest BCUT2D eigenvalue weighted by molar-refractivity contribution is 6.02. The maximum absolute atomic E-state index is 12.4. The van der Waals surface area contributed by atoms with E-state index in [9.17, 15) is 9.59 Å². The molecule has 2 aromatic rings. The van der Waals surface area contributed by atoms with Gasteiger partial charge in [0.05, 0.1) is 0 Å². The zero-order chi connectivity index (χ0) is 19.6. The lowest BCUT2D eigenvalue weighted by molar-refractivity contribution is -0.117. The summed E-state index contributed by atoms with van der Waals surface area (Å²) >= 11 is 0. The Bertz CT molecular complexity index is 848. The highest BCUT2D eigenvalue weighted by Gasteiger charge is 2.14. The van der Waals surface area contributed by atoms with Gasteiger partial charge in [-0.1, -0.05) is 18.2 Å². The first-order valence-electron chi connectivity index (χ1n) is 8.08. The number of nitrogens with zero attached hydrogens (tertiary/aromatic N) is 4. The van der Waals surface area contributed by atoms with Crippen molar-refractivity contribution in [3.05, 3.63) is 65.7 Å². The molecule has 2 amide bonds. The van der Waals surface area contributed by atoms with Crippen molar-refractivity contribution in [1.82, 2.24) is 25.6 Å². The van der Waals surface area contributed by atoms with E-state index in [4.69, 9.17) is 0 Å². The Morgan fingerprint density at radius 3 is 2.56 bits per heavy atom. The van der Waals surface area contributed by atoms with Crippen molar-refractivity contribution in [2.75, 3.05) is 19.4 Å². The Hall–Kier alpha value is -3.75. The summed E-state index contributed by atoms with van der Waals surface area (Å²) in [4.78, 5) is 34.6. The van der Waals surface area contributed by atoms with Gasteiger partial charge < -0.3 is 15.5 Å². The molecule has 1 aromatic carbocycles. The van der Waals surface area contributed by atoms with Crippen molar-refractivity contribution >= 4 is 24.1 Å². The Labute approximate surface area is 157 Å². The minimum absolute atomic E-state index is 0.0372. The smallest absolute Gasteiger partial charge is 0.289 e. The van der Waals surface area contributed by atoms with Gasteiger partial charge in [-0.2, -0.15) is 5.10 Å². The van der Waals surface area contributed by atoms with Crippen molar-refractivity contribution in [3.63, 3.8) is 0 Å². The summed E-state index contributed by atoms with van der Waals surface area (Å²) in [6.45, 7) is 1.82. The average Bonchev–Trinajstić information content (AvgIpc) is 2.65. The van der Waals surface area contributed by atoms with Crippen LogP contribution in [0.5, 0.6) is 0 Å². The third kappa shape index (κ3) is 6.58. The van der Waals surface area contributed by atoms with E-state index in [1.54, 1.807) is 61.6 Å². The second-order valence-corrected chi connectivity index (χ2v) is 5.69. The number of nitrogens with one attached hydrogen (secondary N) is 3. The second-order valence-electron chi connectivity index (χ2n) is 5.69. The monoisotopic (exact) mass is 367 g/mol. The van der Waals surface area contributed by atoms with Gasteiger partial charge in [-0.05, 0) is 25.1 Å². The lowest BCUT2D eigenvalue weighted by Crippen LogP contribution is -2.33. The summed E-state index contributed by atoms with van der Waals surface area (Å²) in [7, 11) is 3.53. The molecule has 0 aliphatic carbocycles. The van der Waals surface area contributed by atoms with E-state index in [-0.39, 0.29) is 5.70 Å². The molecule has 9 heteroatoms. The first kappa shape index (κ1) is 19.6. The first-order chi connectivity index (χ1) is 13.0. The lowest BCUT2D eigenvalue weighted by Gasteiger charge is -2.10. The van der Waals surface area contributed by atoms with Crippen molar-refractivity contribution in [2.24, 2.45) is 5.10 Å². The zero-order valence-electron chi connectivity index (χ0n) is 15.3. The largest absolute Gasteiger partial charge is 0.367 e. The molecule has 0 bridgehead atoms. The number of carbonyl (C=O) groups excluding carboxylic acids is 2. The van der Waals surface area contributed by atoms with Gasteiger partial charge in [-0.15, -0.1) is 0 Å². The third-order valence-corrected chi connectivity index (χ3v) is 3.12. The van der Waals surface area contributed by atoms with Crippen LogP contribution in [-0.4, -0.2) is 47.1 Å². The molecule has 1 aromatic heterocycles. The van der Waals surface area contributed by atoms with E-state index in [1.165, 1.54) is 12.5 Å². The van der Waals surface area contributed by atoms with Crippen molar-refractivity contribution in [3.8, 4) is 0 Å². The van der Waals surface area contributed by atoms with Crippen LogP contribution in [-0.2, 0) is 4.79 Å². The molecule has 2 rings (SSSR count). The fourth-order valence-corrected chi connectivity index (χ4v) is 1.86. The predicted octanol–water partition coefficient (Wildman–Crippen LogP) is 1.09. The van der Waals surface area contributed by atoms with Crippen molar-refractivity contribution in [1.29, 1.82) is 0 Å². The quantitative estimate of drug-likeness (QED) is 0.292. The number of rotatable bonds is 7. The fourth-order valence-electron chi connectivity index (χ4n) is 1.86. The Morgan fingerprint density at radius 1 is 1.15 bits per heavy atom. The zero-order valence-corrected chi connectivity index (χ0v) is 15.3. The molecule has 0 saturated carbocycles.